The maximum atomic E-state index is 12.1. The summed E-state index contributed by atoms with van der Waals surface area (Å²) in [5, 5.41) is 0. The lowest BCUT2D eigenvalue weighted by Gasteiger charge is -2.27. The molecule has 1 aromatic rings. The van der Waals surface area contributed by atoms with Crippen LogP contribution in [0.5, 0.6) is 0 Å². The van der Waals surface area contributed by atoms with Crippen molar-refractivity contribution in [1.29, 1.82) is 0 Å². The molecular weight excluding hydrogens is 264 g/mol. The van der Waals surface area contributed by atoms with Gasteiger partial charge in [-0.3, -0.25) is 9.78 Å². The predicted molar refractivity (Wildman–Crippen MR) is 83.0 cm³/mol. The van der Waals surface area contributed by atoms with Gasteiger partial charge < -0.3 is 9.64 Å². The van der Waals surface area contributed by atoms with Crippen LogP contribution in [-0.4, -0.2) is 42.1 Å². The van der Waals surface area contributed by atoms with Gasteiger partial charge in [0.1, 0.15) is 6.61 Å². The third kappa shape index (κ3) is 5.46. The Labute approximate surface area is 127 Å². The Bertz CT molecular complexity index is 436. The number of amides is 1. The van der Waals surface area contributed by atoms with Crippen molar-refractivity contribution >= 4 is 5.91 Å². The fourth-order valence-corrected chi connectivity index (χ4v) is 2.78. The van der Waals surface area contributed by atoms with Crippen molar-refractivity contribution in [3.8, 4) is 0 Å². The van der Waals surface area contributed by atoms with Gasteiger partial charge in [-0.1, -0.05) is 25.8 Å². The van der Waals surface area contributed by atoms with Crippen molar-refractivity contribution in [2.24, 2.45) is 5.92 Å². The molecule has 0 aliphatic heterocycles. The van der Waals surface area contributed by atoms with E-state index in [-0.39, 0.29) is 18.6 Å². The molecule has 2 atom stereocenters. The Kier molecular flexibility index (Phi) is 6.18. The number of carbonyl (C=O) groups excluding carboxylic acids is 1. The topological polar surface area (TPSA) is 42.4 Å². The standard InChI is InChI=1S/C17H26N2O2/c1-14-6-5-8-16(12-14)21-13-17(20)19(2)11-9-15-7-3-4-10-18-15/h3-4,7,10,14,16H,5-6,8-9,11-13H2,1-2H3/t14-,16-/m0/s1. The zero-order valence-electron chi connectivity index (χ0n) is 13.1. The predicted octanol–water partition coefficient (Wildman–Crippen LogP) is 2.68. The fourth-order valence-electron chi connectivity index (χ4n) is 2.78. The number of ether oxygens (including phenoxy) is 1. The van der Waals surface area contributed by atoms with Gasteiger partial charge in [0.2, 0.25) is 5.91 Å². The summed E-state index contributed by atoms with van der Waals surface area (Å²) >= 11 is 0. The maximum Gasteiger partial charge on any atom is 0.248 e. The molecule has 0 aromatic carbocycles. The van der Waals surface area contributed by atoms with E-state index in [4.69, 9.17) is 4.74 Å². The van der Waals surface area contributed by atoms with Gasteiger partial charge in [0.05, 0.1) is 6.10 Å². The lowest BCUT2D eigenvalue weighted by Crippen LogP contribution is -2.34. The van der Waals surface area contributed by atoms with Crippen LogP contribution in [0.15, 0.2) is 24.4 Å². The van der Waals surface area contributed by atoms with Crippen LogP contribution in [0.1, 0.15) is 38.3 Å². The van der Waals surface area contributed by atoms with E-state index in [9.17, 15) is 4.79 Å². The highest BCUT2D eigenvalue weighted by Gasteiger charge is 2.20. The summed E-state index contributed by atoms with van der Waals surface area (Å²) in [5.74, 6) is 0.782. The van der Waals surface area contributed by atoms with Crippen LogP contribution in [0.4, 0.5) is 0 Å². The van der Waals surface area contributed by atoms with Gasteiger partial charge in [-0.05, 0) is 30.9 Å². The lowest BCUT2D eigenvalue weighted by molar-refractivity contribution is -0.137. The summed E-state index contributed by atoms with van der Waals surface area (Å²) in [6.07, 6.45) is 7.52. The van der Waals surface area contributed by atoms with E-state index in [0.717, 1.165) is 30.9 Å². The number of carbonyl (C=O) groups is 1. The highest BCUT2D eigenvalue weighted by molar-refractivity contribution is 5.77. The first-order chi connectivity index (χ1) is 10.1. The molecule has 1 aliphatic rings. The number of hydrogen-bond acceptors (Lipinski definition) is 3. The molecule has 1 aliphatic carbocycles. The fraction of sp³-hybridized carbons (Fsp3) is 0.647. The average molecular weight is 290 g/mol. The molecule has 4 nitrogen and oxygen atoms in total. The van der Waals surface area contributed by atoms with Gasteiger partial charge in [0.15, 0.2) is 0 Å². The summed E-state index contributed by atoms with van der Waals surface area (Å²) in [4.78, 5) is 18.1. The van der Waals surface area contributed by atoms with Gasteiger partial charge in [-0.2, -0.15) is 0 Å². The van der Waals surface area contributed by atoms with E-state index in [1.54, 1.807) is 11.1 Å². The van der Waals surface area contributed by atoms with Crippen LogP contribution in [-0.2, 0) is 16.0 Å². The van der Waals surface area contributed by atoms with Crippen molar-refractivity contribution in [2.75, 3.05) is 20.2 Å². The zero-order valence-corrected chi connectivity index (χ0v) is 13.1. The third-order valence-corrected chi connectivity index (χ3v) is 4.19. The van der Waals surface area contributed by atoms with Gasteiger partial charge in [-0.25, -0.2) is 0 Å². The molecule has 116 valence electrons. The summed E-state index contributed by atoms with van der Waals surface area (Å²) in [6.45, 7) is 3.15. The summed E-state index contributed by atoms with van der Waals surface area (Å²) < 4.78 is 5.78. The number of rotatable bonds is 6. The highest BCUT2D eigenvalue weighted by atomic mass is 16.5. The highest BCUT2D eigenvalue weighted by Crippen LogP contribution is 2.25. The SMILES string of the molecule is C[C@H]1CCC[C@H](OCC(=O)N(C)CCc2ccccn2)C1. The third-order valence-electron chi connectivity index (χ3n) is 4.19. The van der Waals surface area contributed by atoms with E-state index >= 15 is 0 Å². The van der Waals surface area contributed by atoms with E-state index in [2.05, 4.69) is 11.9 Å². The second kappa shape index (κ2) is 8.13. The van der Waals surface area contributed by atoms with E-state index in [1.807, 2.05) is 25.2 Å². The van der Waals surface area contributed by atoms with Crippen LogP contribution in [0, 0.1) is 5.92 Å². The molecule has 4 heteroatoms. The zero-order chi connectivity index (χ0) is 15.1. The molecular formula is C17H26N2O2. The number of aromatic nitrogens is 1. The molecule has 0 unspecified atom stereocenters. The Morgan fingerprint density at radius 1 is 1.43 bits per heavy atom. The lowest BCUT2D eigenvalue weighted by atomic mass is 9.89. The number of nitrogens with zero attached hydrogens (tertiary/aromatic N) is 2. The van der Waals surface area contributed by atoms with Gasteiger partial charge in [-0.15, -0.1) is 0 Å². The molecule has 0 saturated heterocycles. The van der Waals surface area contributed by atoms with E-state index < -0.39 is 0 Å². The van der Waals surface area contributed by atoms with Crippen LogP contribution in [0.3, 0.4) is 0 Å². The van der Waals surface area contributed by atoms with Crippen molar-refractivity contribution in [2.45, 2.75) is 45.1 Å². The minimum Gasteiger partial charge on any atom is -0.368 e. The molecule has 21 heavy (non-hydrogen) atoms. The molecule has 1 saturated carbocycles. The van der Waals surface area contributed by atoms with Gasteiger partial charge in [0, 0.05) is 31.9 Å². The number of hydrogen-bond donors (Lipinski definition) is 0. The molecule has 0 bridgehead atoms. The second-order valence-corrected chi connectivity index (χ2v) is 6.09. The van der Waals surface area contributed by atoms with Crippen molar-refractivity contribution < 1.29 is 9.53 Å². The Balaban J connectivity index is 1.67. The average Bonchev–Trinajstić information content (AvgIpc) is 2.51. The van der Waals surface area contributed by atoms with Crippen LogP contribution in [0.2, 0.25) is 0 Å². The first-order valence-electron chi connectivity index (χ1n) is 7.90. The monoisotopic (exact) mass is 290 g/mol. The molecule has 1 fully saturated rings. The van der Waals surface area contributed by atoms with Gasteiger partial charge in [0.25, 0.3) is 0 Å². The molecule has 0 radical (unpaired) electrons. The second-order valence-electron chi connectivity index (χ2n) is 6.09. The van der Waals surface area contributed by atoms with Gasteiger partial charge >= 0.3 is 0 Å². The van der Waals surface area contributed by atoms with Crippen LogP contribution in [0.25, 0.3) is 0 Å². The van der Waals surface area contributed by atoms with Crippen LogP contribution < -0.4 is 0 Å². The Morgan fingerprint density at radius 3 is 3.00 bits per heavy atom. The van der Waals surface area contributed by atoms with Crippen molar-refractivity contribution in [1.82, 2.24) is 9.88 Å². The minimum atomic E-state index is 0.0594. The molecule has 2 rings (SSSR count). The molecule has 1 amide bonds. The maximum absolute atomic E-state index is 12.1. The largest absolute Gasteiger partial charge is 0.368 e. The summed E-state index contributed by atoms with van der Waals surface area (Å²) in [5.41, 5.74) is 1.01. The minimum absolute atomic E-state index is 0.0594. The normalized spacial score (nSPS) is 22.0. The molecule has 1 aromatic heterocycles. The quantitative estimate of drug-likeness (QED) is 0.809. The Hall–Kier alpha value is -1.42. The van der Waals surface area contributed by atoms with Crippen LogP contribution >= 0.6 is 0 Å². The first kappa shape index (κ1) is 16.0. The number of pyridine rings is 1. The molecule has 0 N–H and O–H groups in total. The first-order valence-corrected chi connectivity index (χ1v) is 7.90. The summed E-state index contributed by atoms with van der Waals surface area (Å²) in [6, 6.07) is 5.85. The van der Waals surface area contributed by atoms with Crippen molar-refractivity contribution in [3.63, 3.8) is 0 Å². The summed E-state index contributed by atoms with van der Waals surface area (Å²) in [7, 11) is 1.83. The van der Waals surface area contributed by atoms with E-state index in [1.165, 1.54) is 12.8 Å². The van der Waals surface area contributed by atoms with E-state index in [0.29, 0.717) is 6.54 Å². The smallest absolute Gasteiger partial charge is 0.248 e. The Morgan fingerprint density at radius 2 is 2.29 bits per heavy atom. The van der Waals surface area contributed by atoms with Crippen molar-refractivity contribution in [3.05, 3.63) is 30.1 Å². The number of likely N-dealkylation sites (N-methyl/N-ethyl adjacent to an activating group) is 1. The molecule has 1 heterocycles. The molecule has 0 spiro atoms.